The second-order valence-corrected chi connectivity index (χ2v) is 3.20. The maximum absolute atomic E-state index is 11.3. The number of allylic oxidation sites excluding steroid dienone is 2. The number of rotatable bonds is 5. The van der Waals surface area contributed by atoms with Crippen molar-refractivity contribution in [1.82, 2.24) is 5.06 Å². The van der Waals surface area contributed by atoms with Gasteiger partial charge in [0, 0.05) is 18.7 Å². The summed E-state index contributed by atoms with van der Waals surface area (Å²) in [7, 11) is 0. The van der Waals surface area contributed by atoms with E-state index in [2.05, 4.69) is 6.58 Å². The number of carbonyl (C=O) groups is 1. The van der Waals surface area contributed by atoms with E-state index in [1.165, 1.54) is 0 Å². The minimum absolute atomic E-state index is 0.245. The average Bonchev–Trinajstić information content (AvgIpc) is 2.27. The van der Waals surface area contributed by atoms with Crippen LogP contribution in [0.5, 0.6) is 0 Å². The summed E-state index contributed by atoms with van der Waals surface area (Å²) in [6, 6.07) is 0. The number of hydroxylamine groups is 2. The molecule has 0 saturated heterocycles. The van der Waals surface area contributed by atoms with Crippen LogP contribution < -0.4 is 0 Å². The van der Waals surface area contributed by atoms with E-state index in [-0.39, 0.29) is 5.97 Å². The van der Waals surface area contributed by atoms with Crippen LogP contribution >= 0.6 is 0 Å². The number of carbonyl (C=O) groups excluding carboxylic acids is 1. The smallest absolute Gasteiger partial charge is 0.352 e. The first-order valence-corrected chi connectivity index (χ1v) is 5.78. The monoisotopic (exact) mass is 227 g/mol. The summed E-state index contributed by atoms with van der Waals surface area (Å²) in [5.41, 5.74) is 0.675. The van der Waals surface area contributed by atoms with E-state index < -0.39 is 0 Å². The van der Waals surface area contributed by atoms with Gasteiger partial charge in [0.05, 0.1) is 0 Å². The Morgan fingerprint density at radius 2 is 1.75 bits per heavy atom. The molecule has 0 rings (SSSR count). The van der Waals surface area contributed by atoms with Crippen LogP contribution in [-0.4, -0.2) is 24.1 Å². The lowest BCUT2D eigenvalue weighted by atomic mass is 10.2. The van der Waals surface area contributed by atoms with Gasteiger partial charge in [0.15, 0.2) is 0 Å². The summed E-state index contributed by atoms with van der Waals surface area (Å²) in [6.45, 7) is 14.4. The van der Waals surface area contributed by atoms with Crippen LogP contribution in [0.25, 0.3) is 0 Å². The van der Waals surface area contributed by atoms with Gasteiger partial charge >= 0.3 is 5.97 Å². The molecule has 3 heteroatoms. The molecular weight excluding hydrogens is 202 g/mol. The van der Waals surface area contributed by atoms with Crippen LogP contribution in [0.4, 0.5) is 0 Å². The molecule has 0 radical (unpaired) electrons. The van der Waals surface area contributed by atoms with Crippen LogP contribution in [0.2, 0.25) is 0 Å². The quantitative estimate of drug-likeness (QED) is 0.410. The highest BCUT2D eigenvalue weighted by Crippen LogP contribution is 2.01. The molecule has 0 amide bonds. The highest BCUT2D eigenvalue weighted by molar-refractivity contribution is 5.87. The van der Waals surface area contributed by atoms with E-state index in [0.29, 0.717) is 5.57 Å². The van der Waals surface area contributed by atoms with Crippen LogP contribution in [0.15, 0.2) is 24.3 Å². The second-order valence-electron chi connectivity index (χ2n) is 3.20. The van der Waals surface area contributed by atoms with E-state index >= 15 is 0 Å². The first-order valence-electron chi connectivity index (χ1n) is 5.78. The van der Waals surface area contributed by atoms with Crippen molar-refractivity contribution in [2.24, 2.45) is 0 Å². The van der Waals surface area contributed by atoms with Crippen LogP contribution in [-0.2, 0) is 9.63 Å². The minimum atomic E-state index is -0.245. The third kappa shape index (κ3) is 9.46. The van der Waals surface area contributed by atoms with Crippen molar-refractivity contribution in [1.29, 1.82) is 0 Å². The second kappa shape index (κ2) is 12.0. The summed E-state index contributed by atoms with van der Waals surface area (Å²) in [4.78, 5) is 16.4. The standard InChI is InChI=1S/C10H19NO2.C3H6/c1-5-8-9(4)10(12)13-11(6-2)7-3;1-3-2/h8H,5-7H2,1-4H3;3H,1H2,2H3. The summed E-state index contributed by atoms with van der Waals surface area (Å²) in [5, 5.41) is 1.63. The molecule has 0 aliphatic heterocycles. The Hall–Kier alpha value is -1.09. The van der Waals surface area contributed by atoms with Gasteiger partial charge in [0.25, 0.3) is 0 Å². The zero-order chi connectivity index (χ0) is 13.0. The van der Waals surface area contributed by atoms with Crippen molar-refractivity contribution >= 4 is 5.97 Å². The molecule has 0 bridgehead atoms. The summed E-state index contributed by atoms with van der Waals surface area (Å²) < 4.78 is 0. The van der Waals surface area contributed by atoms with E-state index in [1.807, 2.05) is 33.8 Å². The van der Waals surface area contributed by atoms with Crippen LogP contribution in [0, 0.1) is 0 Å². The highest BCUT2D eigenvalue weighted by atomic mass is 16.7. The number of nitrogens with zero attached hydrogens (tertiary/aromatic N) is 1. The summed E-state index contributed by atoms with van der Waals surface area (Å²) in [6.07, 6.45) is 4.48. The first-order chi connectivity index (χ1) is 7.56. The van der Waals surface area contributed by atoms with Gasteiger partial charge in [0.1, 0.15) is 0 Å². The third-order valence-electron chi connectivity index (χ3n) is 1.75. The molecule has 0 spiro atoms. The highest BCUT2D eigenvalue weighted by Gasteiger charge is 2.09. The lowest BCUT2D eigenvalue weighted by Gasteiger charge is -2.17. The van der Waals surface area contributed by atoms with Gasteiger partial charge in [-0.15, -0.1) is 11.6 Å². The fraction of sp³-hybridized carbons (Fsp3) is 0.615. The lowest BCUT2D eigenvalue weighted by molar-refractivity contribution is -0.183. The van der Waals surface area contributed by atoms with Crippen molar-refractivity contribution in [3.63, 3.8) is 0 Å². The molecule has 0 saturated carbocycles. The topological polar surface area (TPSA) is 29.5 Å². The van der Waals surface area contributed by atoms with Gasteiger partial charge in [0.2, 0.25) is 0 Å². The van der Waals surface area contributed by atoms with Crippen molar-refractivity contribution in [3.05, 3.63) is 24.3 Å². The molecule has 0 atom stereocenters. The molecule has 0 fully saturated rings. The molecule has 0 aliphatic carbocycles. The third-order valence-corrected chi connectivity index (χ3v) is 1.75. The molecule has 0 heterocycles. The predicted molar refractivity (Wildman–Crippen MR) is 68.9 cm³/mol. The van der Waals surface area contributed by atoms with Gasteiger partial charge < -0.3 is 4.84 Å². The minimum Gasteiger partial charge on any atom is -0.364 e. The van der Waals surface area contributed by atoms with Gasteiger partial charge in [-0.25, -0.2) is 4.79 Å². The van der Waals surface area contributed by atoms with Crippen molar-refractivity contribution in [3.8, 4) is 0 Å². The van der Waals surface area contributed by atoms with E-state index in [4.69, 9.17) is 4.84 Å². The van der Waals surface area contributed by atoms with Crippen LogP contribution in [0.3, 0.4) is 0 Å². The number of hydrogen-bond donors (Lipinski definition) is 0. The van der Waals surface area contributed by atoms with Crippen molar-refractivity contribution < 1.29 is 9.63 Å². The summed E-state index contributed by atoms with van der Waals surface area (Å²) >= 11 is 0. The van der Waals surface area contributed by atoms with Gasteiger partial charge in [-0.2, -0.15) is 0 Å². The molecule has 0 aromatic carbocycles. The fourth-order valence-electron chi connectivity index (χ4n) is 0.931. The first kappa shape index (κ1) is 17.3. The normalized spacial score (nSPS) is 10.5. The SMILES string of the molecule is C=CC.CCC=C(C)C(=O)ON(CC)CC. The molecule has 0 aromatic heterocycles. The maximum atomic E-state index is 11.3. The Balaban J connectivity index is 0. The molecule has 0 unspecified atom stereocenters. The van der Waals surface area contributed by atoms with Gasteiger partial charge in [-0.05, 0) is 34.1 Å². The van der Waals surface area contributed by atoms with E-state index in [9.17, 15) is 4.79 Å². The average molecular weight is 227 g/mol. The summed E-state index contributed by atoms with van der Waals surface area (Å²) in [5.74, 6) is -0.245. The molecule has 0 aromatic rings. The molecular formula is C13H25NO2. The molecule has 16 heavy (non-hydrogen) atoms. The van der Waals surface area contributed by atoms with Crippen molar-refractivity contribution in [2.75, 3.05) is 13.1 Å². The Bertz CT molecular complexity index is 218. The molecule has 94 valence electrons. The zero-order valence-corrected chi connectivity index (χ0v) is 11.2. The Labute approximate surface area is 99.7 Å². The van der Waals surface area contributed by atoms with Crippen LogP contribution in [0.1, 0.15) is 41.0 Å². The maximum Gasteiger partial charge on any atom is 0.352 e. The zero-order valence-electron chi connectivity index (χ0n) is 11.2. The Morgan fingerprint density at radius 1 is 1.31 bits per heavy atom. The van der Waals surface area contributed by atoms with Gasteiger partial charge in [-0.3, -0.25) is 0 Å². The van der Waals surface area contributed by atoms with E-state index in [0.717, 1.165) is 19.5 Å². The fourth-order valence-corrected chi connectivity index (χ4v) is 0.931. The van der Waals surface area contributed by atoms with E-state index in [1.54, 1.807) is 18.1 Å². The van der Waals surface area contributed by atoms with Crippen molar-refractivity contribution in [2.45, 2.75) is 41.0 Å². The van der Waals surface area contributed by atoms with Gasteiger partial charge in [-0.1, -0.05) is 19.1 Å². The molecule has 0 aliphatic rings. The molecule has 0 N–H and O–H groups in total. The Kier molecular flexibility index (Phi) is 13.0. The largest absolute Gasteiger partial charge is 0.364 e. The predicted octanol–water partition coefficient (Wildman–Crippen LogP) is 3.34. The lowest BCUT2D eigenvalue weighted by Crippen LogP contribution is -2.27. The Morgan fingerprint density at radius 3 is 2.06 bits per heavy atom. The number of hydrogen-bond acceptors (Lipinski definition) is 3. The molecule has 3 nitrogen and oxygen atoms in total.